The Balaban J connectivity index is 1.49. The van der Waals surface area contributed by atoms with E-state index in [1.165, 1.54) is 10.5 Å². The third kappa shape index (κ3) is 8.83. The van der Waals surface area contributed by atoms with Crippen LogP contribution in [0.4, 0.5) is 13.2 Å². The van der Waals surface area contributed by atoms with Gasteiger partial charge in [0.2, 0.25) is 0 Å². The Morgan fingerprint density at radius 3 is 2.37 bits per heavy atom. The lowest BCUT2D eigenvalue weighted by atomic mass is 10.1. The van der Waals surface area contributed by atoms with Gasteiger partial charge in [-0.1, -0.05) is 30.0 Å². The molecule has 0 radical (unpaired) electrons. The molecule has 2 aliphatic heterocycles. The molecule has 1 saturated heterocycles. The molecule has 4 rings (SSSR count). The van der Waals surface area contributed by atoms with Crippen LogP contribution in [-0.4, -0.2) is 30.9 Å². The minimum Gasteiger partial charge on any atom is -0.488 e. The maximum absolute atomic E-state index is 13.1. The van der Waals surface area contributed by atoms with Gasteiger partial charge in [0.1, 0.15) is 11.4 Å². The van der Waals surface area contributed by atoms with E-state index in [1.54, 1.807) is 35.7 Å². The van der Waals surface area contributed by atoms with Crippen LogP contribution in [0.1, 0.15) is 64.0 Å². The highest BCUT2D eigenvalue weighted by Crippen LogP contribution is 2.42. The average molecular weight is 565 g/mol. The molecule has 0 spiro atoms. The van der Waals surface area contributed by atoms with E-state index in [-0.39, 0.29) is 11.9 Å². The van der Waals surface area contributed by atoms with Gasteiger partial charge >= 0.3 is 6.18 Å². The lowest BCUT2D eigenvalue weighted by molar-refractivity contribution is -0.157. The van der Waals surface area contributed by atoms with E-state index in [0.717, 1.165) is 77.7 Å². The number of rotatable bonds is 8. The summed E-state index contributed by atoms with van der Waals surface area (Å²) in [4.78, 5) is 3.29. The molecular formula is C30H35F3O3S2. The van der Waals surface area contributed by atoms with Gasteiger partial charge in [0, 0.05) is 27.1 Å². The Morgan fingerprint density at radius 1 is 1.00 bits per heavy atom. The summed E-state index contributed by atoms with van der Waals surface area (Å²) in [6.07, 6.45) is 2.35. The molecule has 0 N–H and O–H groups in total. The van der Waals surface area contributed by atoms with Crippen LogP contribution in [0.2, 0.25) is 0 Å². The topological polar surface area (TPSA) is 27.7 Å². The minimum absolute atomic E-state index is 0.170. The molecule has 0 bridgehead atoms. The van der Waals surface area contributed by atoms with Crippen LogP contribution in [0, 0.1) is 0 Å². The number of alkyl halides is 3. The zero-order valence-electron chi connectivity index (χ0n) is 22.1. The molecule has 0 saturated carbocycles. The molecule has 1 atom stereocenters. The van der Waals surface area contributed by atoms with E-state index in [9.17, 15) is 13.2 Å². The number of ether oxygens (including phenoxy) is 3. The van der Waals surface area contributed by atoms with Crippen molar-refractivity contribution < 1.29 is 27.4 Å². The molecule has 2 aliphatic rings. The smallest absolute Gasteiger partial charge is 0.416 e. The van der Waals surface area contributed by atoms with E-state index < -0.39 is 11.7 Å². The first-order chi connectivity index (χ1) is 18.1. The second-order valence-corrected chi connectivity index (χ2v) is 12.6. The van der Waals surface area contributed by atoms with Crippen LogP contribution >= 0.6 is 23.5 Å². The monoisotopic (exact) mass is 564 g/mol. The lowest BCUT2D eigenvalue weighted by Crippen LogP contribution is -2.23. The summed E-state index contributed by atoms with van der Waals surface area (Å²) in [5, 5.41) is 0. The normalized spacial score (nSPS) is 19.2. The van der Waals surface area contributed by atoms with Gasteiger partial charge in [-0.05, 0) is 100 Å². The van der Waals surface area contributed by atoms with Gasteiger partial charge in [-0.2, -0.15) is 13.2 Å². The number of thioether (sulfide) groups is 2. The number of allylic oxidation sites excluding steroid dienone is 1. The maximum Gasteiger partial charge on any atom is 0.416 e. The predicted molar refractivity (Wildman–Crippen MR) is 150 cm³/mol. The summed E-state index contributed by atoms with van der Waals surface area (Å²) in [5.74, 6) is 1.57. The molecule has 2 aromatic rings. The summed E-state index contributed by atoms with van der Waals surface area (Å²) >= 11 is 3.37. The maximum atomic E-state index is 13.1. The highest BCUT2D eigenvalue weighted by atomic mass is 32.2. The Kier molecular flexibility index (Phi) is 9.95. The largest absolute Gasteiger partial charge is 0.488 e. The van der Waals surface area contributed by atoms with E-state index >= 15 is 0 Å². The van der Waals surface area contributed by atoms with Crippen molar-refractivity contribution in [2.24, 2.45) is 0 Å². The fourth-order valence-corrected chi connectivity index (χ4v) is 6.46. The van der Waals surface area contributed by atoms with E-state index in [1.807, 2.05) is 32.9 Å². The minimum atomic E-state index is -4.34. The third-order valence-corrected chi connectivity index (χ3v) is 8.62. The van der Waals surface area contributed by atoms with Crippen molar-refractivity contribution in [1.29, 1.82) is 0 Å². The molecule has 38 heavy (non-hydrogen) atoms. The highest BCUT2D eigenvalue weighted by Gasteiger charge is 2.30. The Morgan fingerprint density at radius 2 is 1.74 bits per heavy atom. The van der Waals surface area contributed by atoms with Crippen molar-refractivity contribution in [1.82, 2.24) is 0 Å². The Bertz CT molecular complexity index is 1110. The van der Waals surface area contributed by atoms with Gasteiger partial charge in [0.15, 0.2) is 6.29 Å². The second-order valence-electron chi connectivity index (χ2n) is 10.4. The molecule has 2 heterocycles. The average Bonchev–Trinajstić information content (AvgIpc) is 3.08. The van der Waals surface area contributed by atoms with Crippen molar-refractivity contribution in [2.75, 3.05) is 19.0 Å². The van der Waals surface area contributed by atoms with E-state index in [2.05, 4.69) is 18.2 Å². The summed E-state index contributed by atoms with van der Waals surface area (Å²) in [6.45, 7) is 7.30. The van der Waals surface area contributed by atoms with E-state index in [0.29, 0.717) is 6.61 Å². The molecule has 0 aromatic heterocycles. The van der Waals surface area contributed by atoms with Crippen LogP contribution in [0.3, 0.4) is 0 Å². The van der Waals surface area contributed by atoms with Crippen molar-refractivity contribution in [2.45, 2.75) is 75.8 Å². The standard InChI is InChI=1S/C30H35F3O3S2/c1-29(2,3)36-24-14-16-25(17-15-24)37-20-27-22(19-35-28-9-4-5-18-34-28)7-6-8-26(38-27)21-10-12-23(13-11-21)30(31,32)33/h8,10-17,28H,4-7,9,18-20H2,1-3H3. The SMILES string of the molecule is CC(C)(C)Oc1ccc(SCC2=C(COC3CCCCO3)CCC=C(c3ccc(C(F)(F)F)cc3)S2)cc1. The number of halogens is 3. The molecule has 0 amide bonds. The van der Waals surface area contributed by atoms with Crippen LogP contribution in [-0.2, 0) is 15.7 Å². The van der Waals surface area contributed by atoms with E-state index in [4.69, 9.17) is 14.2 Å². The quantitative estimate of drug-likeness (QED) is 0.298. The molecule has 2 aromatic carbocycles. The van der Waals surface area contributed by atoms with Gasteiger partial charge in [0.25, 0.3) is 0 Å². The van der Waals surface area contributed by atoms with Crippen LogP contribution in [0.15, 0.2) is 70.0 Å². The first-order valence-electron chi connectivity index (χ1n) is 13.0. The first-order valence-corrected chi connectivity index (χ1v) is 14.8. The van der Waals surface area contributed by atoms with Crippen molar-refractivity contribution >= 4 is 28.4 Å². The molecule has 1 fully saturated rings. The third-order valence-electron chi connectivity index (χ3n) is 6.10. The Hall–Kier alpha value is -1.87. The molecule has 0 aliphatic carbocycles. The van der Waals surface area contributed by atoms with Crippen LogP contribution in [0.5, 0.6) is 5.75 Å². The van der Waals surface area contributed by atoms with Crippen molar-refractivity contribution in [3.8, 4) is 5.75 Å². The summed E-state index contributed by atoms with van der Waals surface area (Å²) < 4.78 is 57.1. The van der Waals surface area contributed by atoms with Gasteiger partial charge < -0.3 is 14.2 Å². The lowest BCUT2D eigenvalue weighted by Gasteiger charge is -2.24. The summed E-state index contributed by atoms with van der Waals surface area (Å²) in [7, 11) is 0. The zero-order valence-corrected chi connectivity index (χ0v) is 23.7. The molecule has 3 nitrogen and oxygen atoms in total. The van der Waals surface area contributed by atoms with Crippen molar-refractivity contribution in [3.63, 3.8) is 0 Å². The number of hydrogen-bond donors (Lipinski definition) is 0. The van der Waals surface area contributed by atoms with Crippen LogP contribution < -0.4 is 4.74 Å². The van der Waals surface area contributed by atoms with Gasteiger partial charge in [-0.15, -0.1) is 11.8 Å². The molecule has 1 unspecified atom stereocenters. The fourth-order valence-electron chi connectivity index (χ4n) is 4.19. The molecular weight excluding hydrogens is 529 g/mol. The second kappa shape index (κ2) is 13.0. The fraction of sp³-hybridized carbons (Fsp3) is 0.467. The summed E-state index contributed by atoms with van der Waals surface area (Å²) in [6, 6.07) is 13.5. The highest BCUT2D eigenvalue weighted by molar-refractivity contribution is 8.13. The van der Waals surface area contributed by atoms with Crippen LogP contribution in [0.25, 0.3) is 4.91 Å². The summed E-state index contributed by atoms with van der Waals surface area (Å²) in [5.41, 5.74) is 1.13. The molecule has 8 heteroatoms. The number of benzene rings is 2. The van der Waals surface area contributed by atoms with Gasteiger partial charge in [-0.25, -0.2) is 0 Å². The van der Waals surface area contributed by atoms with Gasteiger partial charge in [-0.3, -0.25) is 0 Å². The van der Waals surface area contributed by atoms with Crippen molar-refractivity contribution in [3.05, 3.63) is 76.2 Å². The predicted octanol–water partition coefficient (Wildman–Crippen LogP) is 9.34. The number of hydrogen-bond acceptors (Lipinski definition) is 5. The zero-order chi connectivity index (χ0) is 27.2. The van der Waals surface area contributed by atoms with Gasteiger partial charge in [0.05, 0.1) is 12.2 Å². The molecule has 206 valence electrons. The Labute approximate surface area is 232 Å². The first kappa shape index (κ1) is 29.1.